The van der Waals surface area contributed by atoms with E-state index in [9.17, 15) is 0 Å². The quantitative estimate of drug-likeness (QED) is 0.614. The van der Waals surface area contributed by atoms with Gasteiger partial charge in [-0.3, -0.25) is 4.98 Å². The maximum absolute atomic E-state index is 5.69. The van der Waals surface area contributed by atoms with Crippen molar-refractivity contribution in [1.82, 2.24) is 19.8 Å². The predicted molar refractivity (Wildman–Crippen MR) is 123 cm³/mol. The van der Waals surface area contributed by atoms with Gasteiger partial charge in [-0.25, -0.2) is 0 Å². The molecule has 1 N–H and O–H groups in total. The van der Waals surface area contributed by atoms with E-state index in [0.29, 0.717) is 0 Å². The number of nitrogens with one attached hydrogen (secondary N) is 1. The minimum absolute atomic E-state index is 0.0382. The molecule has 0 bridgehead atoms. The van der Waals surface area contributed by atoms with Crippen LogP contribution in [0.15, 0.2) is 48.7 Å². The van der Waals surface area contributed by atoms with Crippen molar-refractivity contribution in [3.63, 3.8) is 0 Å². The van der Waals surface area contributed by atoms with Crippen LogP contribution in [0.5, 0.6) is 0 Å². The first-order chi connectivity index (χ1) is 13.9. The number of thiocarbonyl (C=S) groups is 1. The summed E-state index contributed by atoms with van der Waals surface area (Å²) in [6.07, 6.45) is 1.85. The van der Waals surface area contributed by atoms with Gasteiger partial charge in [0.2, 0.25) is 0 Å². The normalized spacial score (nSPS) is 18.9. The number of hydrogen-bond acceptors (Lipinski definition) is 2. The van der Waals surface area contributed by atoms with E-state index in [1.54, 1.807) is 0 Å². The van der Waals surface area contributed by atoms with Crippen molar-refractivity contribution in [2.24, 2.45) is 0 Å². The van der Waals surface area contributed by atoms with Gasteiger partial charge in [-0.15, -0.1) is 0 Å². The number of rotatable bonds is 4. The van der Waals surface area contributed by atoms with Crippen molar-refractivity contribution in [1.29, 1.82) is 0 Å². The zero-order valence-corrected chi connectivity index (χ0v) is 18.5. The van der Waals surface area contributed by atoms with Gasteiger partial charge >= 0.3 is 0 Å². The molecule has 2 aromatic heterocycles. The molecule has 0 radical (unpaired) electrons. The van der Waals surface area contributed by atoms with E-state index in [2.05, 4.69) is 84.7 Å². The smallest absolute Gasteiger partial charge is 0.170 e. The van der Waals surface area contributed by atoms with Crippen LogP contribution in [-0.4, -0.2) is 26.1 Å². The van der Waals surface area contributed by atoms with Crippen molar-refractivity contribution in [3.05, 3.63) is 82.4 Å². The SMILES string of the molecule is CCN1C(=S)N[C@H](c2ccccn2)[C@@H]1c1cc(C)n(-c2cc(C)ccc2C)c1C. The maximum atomic E-state index is 5.69. The van der Waals surface area contributed by atoms with Gasteiger partial charge in [-0.1, -0.05) is 18.2 Å². The third-order valence-electron chi connectivity index (χ3n) is 5.93. The maximum Gasteiger partial charge on any atom is 0.170 e. The Morgan fingerprint density at radius 2 is 1.86 bits per heavy atom. The van der Waals surface area contributed by atoms with Gasteiger partial charge in [0.1, 0.15) is 0 Å². The second-order valence-corrected chi connectivity index (χ2v) is 8.25. The lowest BCUT2D eigenvalue weighted by atomic mass is 9.97. The van der Waals surface area contributed by atoms with E-state index in [1.807, 2.05) is 18.3 Å². The zero-order valence-electron chi connectivity index (χ0n) is 17.7. The Bertz CT molecular complexity index is 1050. The summed E-state index contributed by atoms with van der Waals surface area (Å²) in [4.78, 5) is 6.91. The van der Waals surface area contributed by atoms with Crippen LogP contribution in [0.2, 0.25) is 0 Å². The number of likely N-dealkylation sites (N-methyl/N-ethyl adjacent to an activating group) is 1. The summed E-state index contributed by atoms with van der Waals surface area (Å²) in [7, 11) is 0. The molecule has 0 spiro atoms. The van der Waals surface area contributed by atoms with Gasteiger partial charge in [0.15, 0.2) is 5.11 Å². The van der Waals surface area contributed by atoms with Crippen molar-refractivity contribution >= 4 is 17.3 Å². The first-order valence-electron chi connectivity index (χ1n) is 10.2. The van der Waals surface area contributed by atoms with Crippen molar-refractivity contribution in [2.45, 2.75) is 46.7 Å². The highest BCUT2D eigenvalue weighted by atomic mass is 32.1. The first kappa shape index (κ1) is 19.6. The van der Waals surface area contributed by atoms with Crippen LogP contribution in [0.3, 0.4) is 0 Å². The average Bonchev–Trinajstić information content (AvgIpc) is 3.19. The Kier molecular flexibility index (Phi) is 5.17. The molecule has 1 aliphatic rings. The third kappa shape index (κ3) is 3.33. The summed E-state index contributed by atoms with van der Waals surface area (Å²) in [5.74, 6) is 0. The third-order valence-corrected chi connectivity index (χ3v) is 6.29. The fourth-order valence-electron chi connectivity index (χ4n) is 4.50. The monoisotopic (exact) mass is 404 g/mol. The number of nitrogens with zero attached hydrogens (tertiary/aromatic N) is 3. The topological polar surface area (TPSA) is 33.1 Å². The Labute approximate surface area is 178 Å². The molecule has 0 aliphatic carbocycles. The number of hydrogen-bond donors (Lipinski definition) is 1. The average molecular weight is 405 g/mol. The van der Waals surface area contributed by atoms with E-state index < -0.39 is 0 Å². The van der Waals surface area contributed by atoms with Crippen LogP contribution in [0.25, 0.3) is 5.69 Å². The molecule has 1 aliphatic heterocycles. The molecule has 4 rings (SSSR count). The largest absolute Gasteiger partial charge is 0.352 e. The van der Waals surface area contributed by atoms with Gasteiger partial charge in [-0.2, -0.15) is 0 Å². The molecule has 0 unspecified atom stereocenters. The van der Waals surface area contributed by atoms with Crippen LogP contribution in [0.1, 0.15) is 52.8 Å². The number of benzene rings is 1. The molecule has 3 heterocycles. The molecule has 29 heavy (non-hydrogen) atoms. The summed E-state index contributed by atoms with van der Waals surface area (Å²) < 4.78 is 2.38. The minimum Gasteiger partial charge on any atom is -0.352 e. The van der Waals surface area contributed by atoms with E-state index in [0.717, 1.165) is 17.4 Å². The fraction of sp³-hybridized carbons (Fsp3) is 0.333. The molecule has 3 aromatic rings. The Balaban J connectivity index is 1.86. The lowest BCUT2D eigenvalue weighted by Crippen LogP contribution is -2.29. The highest BCUT2D eigenvalue weighted by Crippen LogP contribution is 2.41. The second kappa shape index (κ2) is 7.64. The van der Waals surface area contributed by atoms with Crippen LogP contribution in [0.4, 0.5) is 0 Å². The Hall–Kier alpha value is -2.66. The van der Waals surface area contributed by atoms with E-state index in [-0.39, 0.29) is 12.1 Å². The lowest BCUT2D eigenvalue weighted by molar-refractivity contribution is 0.329. The number of aryl methyl sites for hydroxylation is 3. The first-order valence-corrected chi connectivity index (χ1v) is 10.6. The van der Waals surface area contributed by atoms with E-state index >= 15 is 0 Å². The minimum atomic E-state index is 0.0382. The molecule has 2 atom stereocenters. The van der Waals surface area contributed by atoms with E-state index in [4.69, 9.17) is 12.2 Å². The number of aromatic nitrogens is 2. The molecule has 0 amide bonds. The predicted octanol–water partition coefficient (Wildman–Crippen LogP) is 5.10. The summed E-state index contributed by atoms with van der Waals surface area (Å²) in [5.41, 5.74) is 8.60. The summed E-state index contributed by atoms with van der Waals surface area (Å²) in [5, 5.41) is 4.32. The molecular weight excluding hydrogens is 376 g/mol. The molecule has 1 fully saturated rings. The molecule has 0 saturated carbocycles. The lowest BCUT2D eigenvalue weighted by Gasteiger charge is -2.27. The van der Waals surface area contributed by atoms with Crippen LogP contribution in [0, 0.1) is 27.7 Å². The summed E-state index contributed by atoms with van der Waals surface area (Å²) in [6.45, 7) is 11.7. The van der Waals surface area contributed by atoms with Crippen molar-refractivity contribution in [3.8, 4) is 5.69 Å². The molecular formula is C24H28N4S. The molecule has 1 saturated heterocycles. The van der Waals surface area contributed by atoms with Crippen molar-refractivity contribution < 1.29 is 0 Å². The molecule has 150 valence electrons. The van der Waals surface area contributed by atoms with Gasteiger partial charge < -0.3 is 14.8 Å². The molecule has 4 nitrogen and oxygen atoms in total. The summed E-state index contributed by atoms with van der Waals surface area (Å²) >= 11 is 5.69. The highest BCUT2D eigenvalue weighted by molar-refractivity contribution is 7.80. The van der Waals surface area contributed by atoms with Gasteiger partial charge in [0, 0.05) is 29.8 Å². The fourth-order valence-corrected chi connectivity index (χ4v) is 4.87. The van der Waals surface area contributed by atoms with Crippen LogP contribution >= 0.6 is 12.2 Å². The van der Waals surface area contributed by atoms with Gasteiger partial charge in [0.05, 0.1) is 17.8 Å². The van der Waals surface area contributed by atoms with Crippen molar-refractivity contribution in [2.75, 3.05) is 6.54 Å². The van der Waals surface area contributed by atoms with E-state index in [1.165, 1.54) is 33.8 Å². The molecule has 5 heteroatoms. The summed E-state index contributed by atoms with van der Waals surface area (Å²) in [6, 6.07) is 15.2. The number of pyridine rings is 1. The van der Waals surface area contributed by atoms with Gasteiger partial charge in [-0.05, 0) is 87.8 Å². The zero-order chi connectivity index (χ0) is 20.7. The van der Waals surface area contributed by atoms with Crippen LogP contribution in [-0.2, 0) is 0 Å². The molecule has 1 aromatic carbocycles. The standard InChI is InChI=1S/C24H28N4S/c1-6-27-23(22(26-24(27)29)20-9-7-8-12-25-20)19-14-17(4)28(18(19)5)21-13-15(2)10-11-16(21)3/h7-14,22-23H,6H2,1-5H3,(H,26,29)/t22-,23+/m1/s1. The second-order valence-electron chi connectivity index (χ2n) is 7.86. The van der Waals surface area contributed by atoms with Crippen LogP contribution < -0.4 is 5.32 Å². The van der Waals surface area contributed by atoms with Gasteiger partial charge in [0.25, 0.3) is 0 Å². The highest BCUT2D eigenvalue weighted by Gasteiger charge is 2.40. The Morgan fingerprint density at radius 3 is 2.55 bits per heavy atom. The Morgan fingerprint density at radius 1 is 1.07 bits per heavy atom.